The first-order valence-corrected chi connectivity index (χ1v) is 12.4. The summed E-state index contributed by atoms with van der Waals surface area (Å²) in [6.07, 6.45) is 9.46. The summed E-state index contributed by atoms with van der Waals surface area (Å²) >= 11 is 7.52. The molecule has 1 fully saturated rings. The molecule has 2 aliphatic rings. The predicted molar refractivity (Wildman–Crippen MR) is 131 cm³/mol. The Balaban J connectivity index is 1.29. The smallest absolute Gasteiger partial charge is 0.246 e. The van der Waals surface area contributed by atoms with E-state index in [1.165, 1.54) is 43.9 Å². The highest BCUT2D eigenvalue weighted by Gasteiger charge is 2.25. The molecule has 3 aromatic rings. The maximum atomic E-state index is 13.5. The monoisotopic (exact) mass is 485 g/mol. The summed E-state index contributed by atoms with van der Waals surface area (Å²) in [5.41, 5.74) is 1.83. The average Bonchev–Trinajstić information content (AvgIpc) is 3.46. The molecule has 0 unspecified atom stereocenters. The zero-order valence-electron chi connectivity index (χ0n) is 18.2. The number of carbonyl (C=O) groups excluding carboxylic acids is 1. The van der Waals surface area contributed by atoms with Crippen LogP contribution in [0.3, 0.4) is 0 Å². The van der Waals surface area contributed by atoms with Crippen LogP contribution in [0.25, 0.3) is 10.2 Å². The van der Waals surface area contributed by atoms with Gasteiger partial charge in [-0.3, -0.25) is 4.79 Å². The number of anilines is 2. The first kappa shape index (κ1) is 22.3. The van der Waals surface area contributed by atoms with Crippen LogP contribution in [0, 0.1) is 5.82 Å². The van der Waals surface area contributed by atoms with E-state index in [2.05, 4.69) is 20.2 Å². The number of carbonyl (C=O) groups is 1. The maximum Gasteiger partial charge on any atom is 0.246 e. The lowest BCUT2D eigenvalue weighted by Crippen LogP contribution is -2.34. The van der Waals surface area contributed by atoms with Crippen LogP contribution in [-0.2, 0) is 17.8 Å². The van der Waals surface area contributed by atoms with Gasteiger partial charge in [0.1, 0.15) is 22.8 Å². The van der Waals surface area contributed by atoms with Gasteiger partial charge >= 0.3 is 0 Å². The van der Waals surface area contributed by atoms with Gasteiger partial charge < -0.3 is 15.1 Å². The molecule has 4 heterocycles. The van der Waals surface area contributed by atoms with Gasteiger partial charge in [-0.25, -0.2) is 14.4 Å². The molecular formula is C24H25ClFN5OS. The Labute approximate surface area is 201 Å². The Morgan fingerprint density at radius 3 is 2.91 bits per heavy atom. The largest absolute Gasteiger partial charge is 0.340 e. The Bertz CT molecular complexity index is 1210. The molecular weight excluding hydrogens is 461 g/mol. The Morgan fingerprint density at radius 1 is 1.24 bits per heavy atom. The van der Waals surface area contributed by atoms with Gasteiger partial charge in [0, 0.05) is 23.7 Å². The summed E-state index contributed by atoms with van der Waals surface area (Å²) in [7, 11) is 0. The topological polar surface area (TPSA) is 61.4 Å². The molecule has 9 heteroatoms. The van der Waals surface area contributed by atoms with Crippen molar-refractivity contribution < 1.29 is 9.18 Å². The second kappa shape index (κ2) is 9.75. The van der Waals surface area contributed by atoms with Gasteiger partial charge in [-0.05, 0) is 68.6 Å². The molecule has 0 radical (unpaired) electrons. The lowest BCUT2D eigenvalue weighted by Gasteiger charge is -2.26. The van der Waals surface area contributed by atoms with E-state index in [9.17, 15) is 9.18 Å². The molecule has 0 atom stereocenters. The van der Waals surface area contributed by atoms with Crippen molar-refractivity contribution in [2.75, 3.05) is 31.5 Å². The van der Waals surface area contributed by atoms with Crippen LogP contribution < -0.4 is 5.32 Å². The van der Waals surface area contributed by atoms with E-state index >= 15 is 0 Å². The molecule has 5 rings (SSSR count). The summed E-state index contributed by atoms with van der Waals surface area (Å²) in [5, 5.41) is 4.27. The van der Waals surface area contributed by atoms with E-state index in [1.807, 2.05) is 11.0 Å². The highest BCUT2D eigenvalue weighted by atomic mass is 35.5. The SMILES string of the molecule is O=C(/C=C/CCN1CCCC1)N1CCc2c(sc3ncnc(Nc4ccc(F)c(Cl)c4)c23)C1. The molecule has 0 spiro atoms. The summed E-state index contributed by atoms with van der Waals surface area (Å²) < 4.78 is 13.5. The van der Waals surface area contributed by atoms with Gasteiger partial charge in [0.05, 0.1) is 17.0 Å². The molecule has 1 N–H and O–H groups in total. The van der Waals surface area contributed by atoms with Crippen LogP contribution in [0.1, 0.15) is 29.7 Å². The van der Waals surface area contributed by atoms with Crippen molar-refractivity contribution in [3.05, 3.63) is 58.0 Å². The Morgan fingerprint density at radius 2 is 2.09 bits per heavy atom. The minimum Gasteiger partial charge on any atom is -0.340 e. The van der Waals surface area contributed by atoms with Gasteiger partial charge in [-0.1, -0.05) is 17.7 Å². The van der Waals surface area contributed by atoms with Crippen molar-refractivity contribution in [3.8, 4) is 0 Å². The van der Waals surface area contributed by atoms with Crippen LogP contribution in [-0.4, -0.2) is 51.9 Å². The summed E-state index contributed by atoms with van der Waals surface area (Å²) in [6.45, 7) is 4.61. The molecule has 1 saturated heterocycles. The van der Waals surface area contributed by atoms with Crippen LogP contribution in [0.15, 0.2) is 36.7 Å². The van der Waals surface area contributed by atoms with Gasteiger partial charge in [0.25, 0.3) is 0 Å². The molecule has 0 bridgehead atoms. The fourth-order valence-electron chi connectivity index (χ4n) is 4.47. The molecule has 6 nitrogen and oxygen atoms in total. The molecule has 0 saturated carbocycles. The van der Waals surface area contributed by atoms with Crippen molar-refractivity contribution >= 4 is 50.6 Å². The second-order valence-corrected chi connectivity index (χ2v) is 9.90. The lowest BCUT2D eigenvalue weighted by molar-refractivity contribution is -0.126. The van der Waals surface area contributed by atoms with Crippen LogP contribution >= 0.6 is 22.9 Å². The van der Waals surface area contributed by atoms with Crippen molar-refractivity contribution in [2.24, 2.45) is 0 Å². The summed E-state index contributed by atoms with van der Waals surface area (Å²) in [5.74, 6) is 0.268. The maximum absolute atomic E-state index is 13.5. The van der Waals surface area contributed by atoms with E-state index in [1.54, 1.807) is 29.5 Å². The van der Waals surface area contributed by atoms with Crippen LogP contribution in [0.4, 0.5) is 15.9 Å². The number of amides is 1. The average molecular weight is 486 g/mol. The van der Waals surface area contributed by atoms with Gasteiger partial charge in [0.2, 0.25) is 5.91 Å². The number of hydrogen-bond donors (Lipinski definition) is 1. The number of aromatic nitrogens is 2. The number of halogens is 2. The highest BCUT2D eigenvalue weighted by molar-refractivity contribution is 7.19. The van der Waals surface area contributed by atoms with Crippen LogP contribution in [0.2, 0.25) is 5.02 Å². The van der Waals surface area contributed by atoms with E-state index in [4.69, 9.17) is 11.6 Å². The predicted octanol–water partition coefficient (Wildman–Crippen LogP) is 5.15. The molecule has 1 amide bonds. The quantitative estimate of drug-likeness (QED) is 0.489. The van der Waals surface area contributed by atoms with Gasteiger partial charge in [-0.2, -0.15) is 0 Å². The molecule has 2 aliphatic heterocycles. The zero-order chi connectivity index (χ0) is 22.8. The third-order valence-corrected chi connectivity index (χ3v) is 7.62. The number of likely N-dealkylation sites (tertiary alicyclic amines) is 1. The van der Waals surface area contributed by atoms with Gasteiger partial charge in [-0.15, -0.1) is 11.3 Å². The lowest BCUT2D eigenvalue weighted by atomic mass is 10.0. The number of nitrogens with one attached hydrogen (secondary N) is 1. The van der Waals surface area contributed by atoms with E-state index in [-0.39, 0.29) is 10.9 Å². The Kier molecular flexibility index (Phi) is 6.57. The molecule has 172 valence electrons. The number of rotatable bonds is 6. The number of nitrogens with zero attached hydrogens (tertiary/aromatic N) is 4. The van der Waals surface area contributed by atoms with Crippen molar-refractivity contribution in [3.63, 3.8) is 0 Å². The van der Waals surface area contributed by atoms with Crippen LogP contribution in [0.5, 0.6) is 0 Å². The fraction of sp³-hybridized carbons (Fsp3) is 0.375. The van der Waals surface area contributed by atoms with E-state index in [0.29, 0.717) is 24.6 Å². The van der Waals surface area contributed by atoms with Gasteiger partial charge in [0.15, 0.2) is 0 Å². The standard InChI is InChI=1S/C24H25ClFN5OS/c25-18-13-16(6-7-19(18)26)29-23-22-17-8-12-31(14-20(17)33-24(22)28-15-27-23)21(32)5-1-2-9-30-10-3-4-11-30/h1,5-7,13,15H,2-4,8-12,14H2,(H,27,28,29)/b5-1+. The number of thiophene rings is 1. The third kappa shape index (κ3) is 4.88. The second-order valence-electron chi connectivity index (χ2n) is 8.41. The minimum absolute atomic E-state index is 0.0558. The Hall–Kier alpha value is -2.55. The first-order valence-electron chi connectivity index (χ1n) is 11.2. The fourth-order valence-corrected chi connectivity index (χ4v) is 5.86. The number of fused-ring (bicyclic) bond motifs is 3. The number of hydrogen-bond acceptors (Lipinski definition) is 6. The van der Waals surface area contributed by atoms with Crippen molar-refractivity contribution in [1.29, 1.82) is 0 Å². The molecule has 33 heavy (non-hydrogen) atoms. The molecule has 1 aromatic carbocycles. The zero-order valence-corrected chi connectivity index (χ0v) is 19.8. The van der Waals surface area contributed by atoms with E-state index < -0.39 is 5.82 Å². The van der Waals surface area contributed by atoms with Crippen molar-refractivity contribution in [1.82, 2.24) is 19.8 Å². The molecule has 0 aliphatic carbocycles. The third-order valence-electron chi connectivity index (χ3n) is 6.20. The first-order chi connectivity index (χ1) is 16.1. The summed E-state index contributed by atoms with van der Waals surface area (Å²) in [4.78, 5) is 28.0. The minimum atomic E-state index is -0.460. The summed E-state index contributed by atoms with van der Waals surface area (Å²) in [6, 6.07) is 4.50. The highest BCUT2D eigenvalue weighted by Crippen LogP contribution is 2.38. The normalized spacial score (nSPS) is 16.6. The van der Waals surface area contributed by atoms with Crippen molar-refractivity contribution in [2.45, 2.75) is 32.2 Å². The number of benzene rings is 1. The van der Waals surface area contributed by atoms with E-state index in [0.717, 1.165) is 34.5 Å². The molecule has 2 aromatic heterocycles.